The molecule has 0 radical (unpaired) electrons. The summed E-state index contributed by atoms with van der Waals surface area (Å²) in [6.07, 6.45) is 3.86. The molecule has 0 fully saturated rings. The van der Waals surface area contributed by atoms with Crippen LogP contribution < -0.4 is 9.64 Å². The first kappa shape index (κ1) is 18.7. The number of rotatable bonds is 7. The Kier molecular flexibility index (Phi) is 5.91. The summed E-state index contributed by atoms with van der Waals surface area (Å²) in [5, 5.41) is 0. The Morgan fingerprint density at radius 1 is 1.07 bits per heavy atom. The van der Waals surface area contributed by atoms with E-state index >= 15 is 0 Å². The Morgan fingerprint density at radius 2 is 1.78 bits per heavy atom. The second-order valence-electron chi connectivity index (χ2n) is 6.55. The maximum Gasteiger partial charge on any atom is 0.363 e. The summed E-state index contributed by atoms with van der Waals surface area (Å²) in [7, 11) is 3.95. The van der Waals surface area contributed by atoms with Crippen molar-refractivity contribution in [2.75, 3.05) is 25.6 Å². The van der Waals surface area contributed by atoms with Gasteiger partial charge >= 0.3 is 5.97 Å². The Bertz CT molecular complexity index is 850. The molecular formula is C22H24N2O3. The molecule has 5 heteroatoms. The Balaban J connectivity index is 1.73. The van der Waals surface area contributed by atoms with E-state index in [-0.39, 0.29) is 0 Å². The number of benzene rings is 2. The van der Waals surface area contributed by atoms with Crippen molar-refractivity contribution in [2.24, 2.45) is 4.99 Å². The number of aliphatic imine (C=N–C) groups is 1. The van der Waals surface area contributed by atoms with E-state index in [0.717, 1.165) is 35.4 Å². The molecule has 0 aromatic heterocycles. The van der Waals surface area contributed by atoms with Crippen LogP contribution in [0.25, 0.3) is 6.08 Å². The number of anilines is 1. The number of ether oxygens (including phenoxy) is 2. The fourth-order valence-corrected chi connectivity index (χ4v) is 2.59. The highest BCUT2D eigenvalue weighted by Crippen LogP contribution is 2.22. The first-order valence-electron chi connectivity index (χ1n) is 9.10. The molecule has 0 bridgehead atoms. The van der Waals surface area contributed by atoms with Gasteiger partial charge in [-0.15, -0.1) is 0 Å². The van der Waals surface area contributed by atoms with Gasteiger partial charge in [-0.1, -0.05) is 25.5 Å². The van der Waals surface area contributed by atoms with Crippen LogP contribution in [-0.4, -0.2) is 32.6 Å². The predicted molar refractivity (Wildman–Crippen MR) is 108 cm³/mol. The molecule has 0 saturated heterocycles. The van der Waals surface area contributed by atoms with Gasteiger partial charge < -0.3 is 14.4 Å². The van der Waals surface area contributed by atoms with Crippen LogP contribution in [0.4, 0.5) is 5.69 Å². The van der Waals surface area contributed by atoms with Gasteiger partial charge in [0.15, 0.2) is 5.70 Å². The topological polar surface area (TPSA) is 51.1 Å². The van der Waals surface area contributed by atoms with Crippen molar-refractivity contribution in [2.45, 2.75) is 19.8 Å². The molecule has 1 heterocycles. The molecule has 0 spiro atoms. The molecule has 5 nitrogen and oxygen atoms in total. The molecule has 0 amide bonds. The third kappa shape index (κ3) is 4.76. The average Bonchev–Trinajstić information content (AvgIpc) is 3.04. The van der Waals surface area contributed by atoms with Crippen molar-refractivity contribution < 1.29 is 14.3 Å². The number of carbonyl (C=O) groups is 1. The molecular weight excluding hydrogens is 340 g/mol. The normalized spacial score (nSPS) is 14.9. The van der Waals surface area contributed by atoms with E-state index in [2.05, 4.69) is 11.9 Å². The molecule has 140 valence electrons. The van der Waals surface area contributed by atoms with Crippen molar-refractivity contribution >= 4 is 23.6 Å². The molecule has 27 heavy (non-hydrogen) atoms. The maximum atomic E-state index is 12.1. The summed E-state index contributed by atoms with van der Waals surface area (Å²) in [5.74, 6) is 0.714. The second-order valence-corrected chi connectivity index (χ2v) is 6.55. The van der Waals surface area contributed by atoms with Gasteiger partial charge in [-0.25, -0.2) is 9.79 Å². The number of hydrogen-bond acceptors (Lipinski definition) is 5. The highest BCUT2D eigenvalue weighted by molar-refractivity contribution is 6.12. The molecule has 2 aromatic carbocycles. The molecule has 0 aliphatic carbocycles. The summed E-state index contributed by atoms with van der Waals surface area (Å²) in [4.78, 5) is 18.5. The lowest BCUT2D eigenvalue weighted by atomic mass is 10.2. The van der Waals surface area contributed by atoms with E-state index in [0.29, 0.717) is 18.2 Å². The lowest BCUT2D eigenvalue weighted by Gasteiger charge is -2.12. The van der Waals surface area contributed by atoms with Crippen molar-refractivity contribution in [1.29, 1.82) is 0 Å². The number of carbonyl (C=O) groups excluding carboxylic acids is 1. The number of nitrogens with zero attached hydrogens (tertiary/aromatic N) is 2. The van der Waals surface area contributed by atoms with Crippen LogP contribution in [-0.2, 0) is 9.53 Å². The molecule has 1 aliphatic heterocycles. The summed E-state index contributed by atoms with van der Waals surface area (Å²) < 4.78 is 11.0. The molecule has 0 unspecified atom stereocenters. The zero-order valence-electron chi connectivity index (χ0n) is 15.9. The predicted octanol–water partition coefficient (Wildman–Crippen LogP) is 4.28. The first-order valence-corrected chi connectivity index (χ1v) is 9.10. The fourth-order valence-electron chi connectivity index (χ4n) is 2.59. The SMILES string of the molecule is CCCCOc1ccc(C=C2N=C(c3ccc(N(C)C)cc3)OC2=O)cc1. The van der Waals surface area contributed by atoms with E-state index in [1.807, 2.05) is 67.5 Å². The van der Waals surface area contributed by atoms with Crippen molar-refractivity contribution in [3.05, 3.63) is 65.4 Å². The van der Waals surface area contributed by atoms with Gasteiger partial charge in [0.1, 0.15) is 5.75 Å². The second kappa shape index (κ2) is 8.54. The zero-order valence-corrected chi connectivity index (χ0v) is 15.9. The lowest BCUT2D eigenvalue weighted by Crippen LogP contribution is -2.09. The van der Waals surface area contributed by atoms with Gasteiger partial charge in [0.05, 0.1) is 6.61 Å². The molecule has 0 saturated carbocycles. The standard InChI is InChI=1S/C22H24N2O3/c1-4-5-14-26-19-12-6-16(7-13-19)15-20-22(25)27-21(23-20)17-8-10-18(11-9-17)24(2)3/h6-13,15H,4-5,14H2,1-3H3. The number of hydrogen-bond donors (Lipinski definition) is 0. The summed E-state index contributed by atoms with van der Waals surface area (Å²) in [6, 6.07) is 15.3. The minimum Gasteiger partial charge on any atom is -0.494 e. The quantitative estimate of drug-likeness (QED) is 0.418. The van der Waals surface area contributed by atoms with E-state index in [4.69, 9.17) is 9.47 Å². The van der Waals surface area contributed by atoms with Gasteiger partial charge in [-0.2, -0.15) is 0 Å². The van der Waals surface area contributed by atoms with Gasteiger partial charge in [0.25, 0.3) is 0 Å². The van der Waals surface area contributed by atoms with Crippen LogP contribution in [0.2, 0.25) is 0 Å². The van der Waals surface area contributed by atoms with Crippen LogP contribution >= 0.6 is 0 Å². The largest absolute Gasteiger partial charge is 0.494 e. The van der Waals surface area contributed by atoms with Crippen LogP contribution in [0.3, 0.4) is 0 Å². The molecule has 0 N–H and O–H groups in total. The van der Waals surface area contributed by atoms with Crippen molar-refractivity contribution in [1.82, 2.24) is 0 Å². The zero-order chi connectivity index (χ0) is 19.2. The van der Waals surface area contributed by atoms with Gasteiger partial charge in [0, 0.05) is 25.3 Å². The minimum atomic E-state index is -0.440. The minimum absolute atomic E-state index is 0.293. The molecule has 0 atom stereocenters. The Morgan fingerprint density at radius 3 is 2.41 bits per heavy atom. The molecule has 1 aliphatic rings. The van der Waals surface area contributed by atoms with E-state index in [1.165, 1.54) is 0 Å². The van der Waals surface area contributed by atoms with Gasteiger partial charge in [-0.05, 0) is 54.5 Å². The van der Waals surface area contributed by atoms with Crippen LogP contribution in [0.5, 0.6) is 5.75 Å². The lowest BCUT2D eigenvalue weighted by molar-refractivity contribution is -0.129. The number of cyclic esters (lactones) is 1. The summed E-state index contributed by atoms with van der Waals surface area (Å²) in [6.45, 7) is 2.84. The third-order valence-corrected chi connectivity index (χ3v) is 4.20. The highest BCUT2D eigenvalue weighted by atomic mass is 16.6. The van der Waals surface area contributed by atoms with Crippen molar-refractivity contribution in [3.63, 3.8) is 0 Å². The Hall–Kier alpha value is -3.08. The summed E-state index contributed by atoms with van der Waals surface area (Å²) in [5.41, 5.74) is 3.01. The van der Waals surface area contributed by atoms with Gasteiger partial charge in [-0.3, -0.25) is 0 Å². The first-order chi connectivity index (χ1) is 13.1. The number of unbranched alkanes of at least 4 members (excludes halogenated alkanes) is 1. The van der Waals surface area contributed by atoms with E-state index in [9.17, 15) is 4.79 Å². The third-order valence-electron chi connectivity index (χ3n) is 4.20. The monoisotopic (exact) mass is 364 g/mol. The highest BCUT2D eigenvalue weighted by Gasteiger charge is 2.24. The number of esters is 1. The van der Waals surface area contributed by atoms with Crippen LogP contribution in [0.15, 0.2) is 59.2 Å². The van der Waals surface area contributed by atoms with Crippen molar-refractivity contribution in [3.8, 4) is 5.75 Å². The maximum absolute atomic E-state index is 12.1. The van der Waals surface area contributed by atoms with Crippen LogP contribution in [0, 0.1) is 0 Å². The smallest absolute Gasteiger partial charge is 0.363 e. The summed E-state index contributed by atoms with van der Waals surface area (Å²) >= 11 is 0. The average molecular weight is 364 g/mol. The van der Waals surface area contributed by atoms with E-state index in [1.54, 1.807) is 6.08 Å². The Labute approximate surface area is 159 Å². The fraction of sp³-hybridized carbons (Fsp3) is 0.273. The molecule has 2 aromatic rings. The van der Waals surface area contributed by atoms with E-state index < -0.39 is 5.97 Å². The molecule has 3 rings (SSSR count). The van der Waals surface area contributed by atoms with Gasteiger partial charge in [0.2, 0.25) is 5.90 Å². The van der Waals surface area contributed by atoms with Crippen LogP contribution in [0.1, 0.15) is 30.9 Å².